The van der Waals surface area contributed by atoms with E-state index in [9.17, 15) is 18.4 Å². The molecule has 2 amide bonds. The fraction of sp³-hybridized carbons (Fsp3) is 0.571. The van der Waals surface area contributed by atoms with Crippen LogP contribution in [0.5, 0.6) is 5.75 Å². The number of benzene rings is 1. The Morgan fingerprint density at radius 3 is 2.40 bits per heavy atom. The van der Waals surface area contributed by atoms with Crippen molar-refractivity contribution in [1.82, 2.24) is 19.8 Å². The monoisotopic (exact) mass is 577 g/mol. The fourth-order valence-electron chi connectivity index (χ4n) is 5.05. The quantitative estimate of drug-likeness (QED) is 0.500. The molecular formula is C28H34ClF2N5O4. The first-order chi connectivity index (χ1) is 18.8. The number of nitrogens with zero attached hydrogens (tertiary/aromatic N) is 5. The highest BCUT2D eigenvalue weighted by atomic mass is 35.5. The van der Waals surface area contributed by atoms with Gasteiger partial charge in [0.15, 0.2) is 6.61 Å². The number of aromatic nitrogens is 2. The van der Waals surface area contributed by atoms with Crippen molar-refractivity contribution >= 4 is 29.5 Å². The van der Waals surface area contributed by atoms with Crippen molar-refractivity contribution in [2.45, 2.75) is 64.5 Å². The standard InChI is InChI=1S/C28H34ClF2N5O4/c1-17-8-10-36(17)25-32-23(19-7-9-28(30,31)24(19)33-25)18-5-6-21(20(29)15-18)39-16-22(37)34-11-13-35(14-12-34)26(38)40-27(2,3)4/h5-6,15,17H,7-14,16H2,1-4H3. The molecule has 3 aliphatic rings. The summed E-state index contributed by atoms with van der Waals surface area (Å²) in [6.45, 7) is 9.43. The Kier molecular flexibility index (Phi) is 7.54. The second kappa shape index (κ2) is 10.6. The summed E-state index contributed by atoms with van der Waals surface area (Å²) in [4.78, 5) is 39.1. The van der Waals surface area contributed by atoms with Gasteiger partial charge in [0, 0.05) is 56.3 Å². The van der Waals surface area contributed by atoms with Gasteiger partial charge in [0.2, 0.25) is 5.95 Å². The maximum absolute atomic E-state index is 14.7. The lowest BCUT2D eigenvalue weighted by molar-refractivity contribution is -0.135. The van der Waals surface area contributed by atoms with Crippen LogP contribution in [0.3, 0.4) is 0 Å². The molecule has 3 heterocycles. The third-order valence-corrected chi connectivity index (χ3v) is 7.74. The first kappa shape index (κ1) is 28.3. The van der Waals surface area contributed by atoms with Crippen molar-refractivity contribution in [3.8, 4) is 17.0 Å². The van der Waals surface area contributed by atoms with Gasteiger partial charge in [0.1, 0.15) is 17.0 Å². The van der Waals surface area contributed by atoms with Crippen LogP contribution in [0.1, 0.15) is 51.8 Å². The van der Waals surface area contributed by atoms with Crippen molar-refractivity contribution in [2.75, 3.05) is 44.2 Å². The topological polar surface area (TPSA) is 88.1 Å². The SMILES string of the molecule is CC1CCN1c1nc(-c2ccc(OCC(=O)N3CCN(C(=O)OC(C)(C)C)CC3)c(Cl)c2)c2c(n1)C(F)(F)CC2. The average molecular weight is 578 g/mol. The number of piperazine rings is 1. The van der Waals surface area contributed by atoms with Crippen LogP contribution in [-0.2, 0) is 21.9 Å². The molecule has 2 saturated heterocycles. The summed E-state index contributed by atoms with van der Waals surface area (Å²) in [5.74, 6) is -2.61. The molecule has 40 heavy (non-hydrogen) atoms. The van der Waals surface area contributed by atoms with E-state index in [1.807, 2.05) is 32.6 Å². The van der Waals surface area contributed by atoms with Crippen molar-refractivity contribution in [3.63, 3.8) is 0 Å². The van der Waals surface area contributed by atoms with Gasteiger partial charge >= 0.3 is 6.09 Å². The van der Waals surface area contributed by atoms with Gasteiger partial charge in [0.05, 0.1) is 10.7 Å². The summed E-state index contributed by atoms with van der Waals surface area (Å²) >= 11 is 6.52. The number of carbonyl (C=O) groups is 2. The molecule has 0 radical (unpaired) electrons. The number of anilines is 1. The molecule has 0 saturated carbocycles. The molecule has 0 N–H and O–H groups in total. The van der Waals surface area contributed by atoms with Crippen molar-refractivity contribution in [3.05, 3.63) is 34.5 Å². The lowest BCUT2D eigenvalue weighted by Crippen LogP contribution is -2.52. The first-order valence-corrected chi connectivity index (χ1v) is 13.9. The Balaban J connectivity index is 1.25. The number of alkyl halides is 2. The lowest BCUT2D eigenvalue weighted by atomic mass is 10.0. The fourth-order valence-corrected chi connectivity index (χ4v) is 5.29. The highest BCUT2D eigenvalue weighted by molar-refractivity contribution is 6.32. The van der Waals surface area contributed by atoms with E-state index >= 15 is 0 Å². The van der Waals surface area contributed by atoms with E-state index in [0.29, 0.717) is 54.7 Å². The van der Waals surface area contributed by atoms with E-state index in [4.69, 9.17) is 21.1 Å². The first-order valence-electron chi connectivity index (χ1n) is 13.6. The second-order valence-electron chi connectivity index (χ2n) is 11.5. The smallest absolute Gasteiger partial charge is 0.410 e. The zero-order valence-corrected chi connectivity index (χ0v) is 23.9. The molecule has 1 atom stereocenters. The number of rotatable bonds is 5. The molecule has 5 rings (SSSR count). The van der Waals surface area contributed by atoms with E-state index in [2.05, 4.69) is 9.97 Å². The highest BCUT2D eigenvalue weighted by Crippen LogP contribution is 2.45. The minimum Gasteiger partial charge on any atom is -0.482 e. The van der Waals surface area contributed by atoms with E-state index < -0.39 is 17.6 Å². The van der Waals surface area contributed by atoms with Gasteiger partial charge in [-0.25, -0.2) is 14.8 Å². The molecule has 1 aliphatic carbocycles. The van der Waals surface area contributed by atoms with Crippen LogP contribution in [0.25, 0.3) is 11.3 Å². The minimum absolute atomic E-state index is 0.180. The van der Waals surface area contributed by atoms with Gasteiger partial charge in [-0.1, -0.05) is 11.6 Å². The molecule has 2 aliphatic heterocycles. The van der Waals surface area contributed by atoms with E-state index in [0.717, 1.165) is 13.0 Å². The molecule has 1 aromatic heterocycles. The number of carbonyl (C=O) groups excluding carboxylic acids is 2. The summed E-state index contributed by atoms with van der Waals surface area (Å²) in [5, 5.41) is 0.246. The van der Waals surface area contributed by atoms with Crippen molar-refractivity contribution < 1.29 is 27.8 Å². The number of ether oxygens (including phenoxy) is 2. The largest absolute Gasteiger partial charge is 0.482 e. The molecule has 2 aromatic rings. The zero-order valence-electron chi connectivity index (χ0n) is 23.2. The Labute approximate surface area is 237 Å². The molecule has 12 heteroatoms. The molecule has 1 unspecified atom stereocenters. The van der Waals surface area contributed by atoms with Crippen LogP contribution in [0.2, 0.25) is 5.02 Å². The predicted molar refractivity (Wildman–Crippen MR) is 146 cm³/mol. The van der Waals surface area contributed by atoms with Crippen LogP contribution < -0.4 is 9.64 Å². The van der Waals surface area contributed by atoms with Gasteiger partial charge in [-0.2, -0.15) is 8.78 Å². The van der Waals surface area contributed by atoms with Crippen molar-refractivity contribution in [2.24, 2.45) is 0 Å². The van der Waals surface area contributed by atoms with Gasteiger partial charge in [-0.05, 0) is 58.7 Å². The number of hydrogen-bond acceptors (Lipinski definition) is 7. The summed E-state index contributed by atoms with van der Waals surface area (Å²) in [7, 11) is 0. The average Bonchev–Trinajstić information content (AvgIpc) is 3.19. The van der Waals surface area contributed by atoms with Crippen LogP contribution in [0.4, 0.5) is 19.5 Å². The maximum Gasteiger partial charge on any atom is 0.410 e. The Morgan fingerprint density at radius 2 is 1.80 bits per heavy atom. The maximum atomic E-state index is 14.7. The molecule has 1 aromatic carbocycles. The number of halogens is 3. The molecule has 2 fully saturated rings. The molecule has 9 nitrogen and oxygen atoms in total. The van der Waals surface area contributed by atoms with Crippen LogP contribution >= 0.6 is 11.6 Å². The Hall–Kier alpha value is -3.21. The van der Waals surface area contributed by atoms with Crippen LogP contribution in [0, 0.1) is 0 Å². The van der Waals surface area contributed by atoms with Crippen molar-refractivity contribution in [1.29, 1.82) is 0 Å². The summed E-state index contributed by atoms with van der Waals surface area (Å²) in [5.41, 5.74) is 0.685. The minimum atomic E-state index is -3.00. The van der Waals surface area contributed by atoms with Gasteiger partial charge in [-0.15, -0.1) is 0 Å². The molecule has 0 bridgehead atoms. The lowest BCUT2D eigenvalue weighted by Gasteiger charge is -2.39. The zero-order chi connectivity index (χ0) is 28.8. The van der Waals surface area contributed by atoms with Gasteiger partial charge in [0.25, 0.3) is 11.8 Å². The Bertz CT molecular complexity index is 1310. The number of amides is 2. The molecular weight excluding hydrogens is 544 g/mol. The number of hydrogen-bond donors (Lipinski definition) is 0. The summed E-state index contributed by atoms with van der Waals surface area (Å²) < 4.78 is 40.5. The van der Waals surface area contributed by atoms with Gasteiger partial charge < -0.3 is 24.2 Å². The van der Waals surface area contributed by atoms with Crippen LogP contribution in [0.15, 0.2) is 18.2 Å². The van der Waals surface area contributed by atoms with E-state index in [1.165, 1.54) is 0 Å². The highest BCUT2D eigenvalue weighted by Gasteiger charge is 2.44. The molecule has 0 spiro atoms. The third kappa shape index (κ3) is 5.80. The second-order valence-corrected chi connectivity index (χ2v) is 11.9. The molecule has 216 valence electrons. The summed E-state index contributed by atoms with van der Waals surface area (Å²) in [6, 6.07) is 5.16. The normalized spacial score (nSPS) is 20.2. The van der Waals surface area contributed by atoms with E-state index in [-0.39, 0.29) is 42.1 Å². The number of fused-ring (bicyclic) bond motifs is 1. The van der Waals surface area contributed by atoms with Crippen LogP contribution in [-0.4, -0.2) is 82.7 Å². The third-order valence-electron chi connectivity index (χ3n) is 7.45. The van der Waals surface area contributed by atoms with Gasteiger partial charge in [-0.3, -0.25) is 4.79 Å². The Morgan fingerprint density at radius 1 is 1.10 bits per heavy atom. The summed E-state index contributed by atoms with van der Waals surface area (Å²) in [6.07, 6.45) is 0.445. The van der Waals surface area contributed by atoms with E-state index in [1.54, 1.807) is 28.0 Å². The predicted octanol–water partition coefficient (Wildman–Crippen LogP) is 4.89.